The molecule has 3 nitrogen and oxygen atoms in total. The van der Waals surface area contributed by atoms with Crippen LogP contribution in [0.25, 0.3) is 0 Å². The first-order valence-corrected chi connectivity index (χ1v) is 7.18. The maximum atomic E-state index is 9.40. The standard InChI is InChI=1S/C16H27NO2/c1-4-5-13-6-8-14(9-7-13)19-16(11-18)15(17)10-12(2)3/h6-9,12,15-16,18H,4-5,10-11,17H2,1-3H3. The van der Waals surface area contributed by atoms with Crippen LogP contribution in [0.1, 0.15) is 39.2 Å². The Kier molecular flexibility index (Phi) is 6.89. The molecule has 2 atom stereocenters. The highest BCUT2D eigenvalue weighted by Crippen LogP contribution is 2.17. The second-order valence-corrected chi connectivity index (χ2v) is 5.53. The molecule has 108 valence electrons. The summed E-state index contributed by atoms with van der Waals surface area (Å²) in [7, 11) is 0. The Hall–Kier alpha value is -1.06. The van der Waals surface area contributed by atoms with E-state index in [1.807, 2.05) is 12.1 Å². The van der Waals surface area contributed by atoms with E-state index in [0.29, 0.717) is 5.92 Å². The fourth-order valence-corrected chi connectivity index (χ4v) is 2.15. The van der Waals surface area contributed by atoms with E-state index in [1.165, 1.54) is 5.56 Å². The first-order valence-electron chi connectivity index (χ1n) is 7.18. The highest BCUT2D eigenvalue weighted by atomic mass is 16.5. The van der Waals surface area contributed by atoms with Gasteiger partial charge in [-0.3, -0.25) is 0 Å². The van der Waals surface area contributed by atoms with Crippen LogP contribution in [0.3, 0.4) is 0 Å². The maximum absolute atomic E-state index is 9.40. The smallest absolute Gasteiger partial charge is 0.137 e. The van der Waals surface area contributed by atoms with Crippen molar-refractivity contribution in [2.75, 3.05) is 6.61 Å². The second-order valence-electron chi connectivity index (χ2n) is 5.53. The lowest BCUT2D eigenvalue weighted by atomic mass is 10.0. The first-order chi connectivity index (χ1) is 9.06. The van der Waals surface area contributed by atoms with Gasteiger partial charge in [0, 0.05) is 6.04 Å². The summed E-state index contributed by atoms with van der Waals surface area (Å²) in [5.41, 5.74) is 7.38. The summed E-state index contributed by atoms with van der Waals surface area (Å²) < 4.78 is 5.78. The number of hydrogen-bond acceptors (Lipinski definition) is 3. The van der Waals surface area contributed by atoms with Gasteiger partial charge in [-0.2, -0.15) is 0 Å². The fourth-order valence-electron chi connectivity index (χ4n) is 2.15. The van der Waals surface area contributed by atoms with Gasteiger partial charge in [-0.05, 0) is 36.5 Å². The zero-order valence-electron chi connectivity index (χ0n) is 12.3. The molecular weight excluding hydrogens is 238 g/mol. The van der Waals surface area contributed by atoms with E-state index >= 15 is 0 Å². The van der Waals surface area contributed by atoms with Gasteiger partial charge in [-0.15, -0.1) is 0 Å². The monoisotopic (exact) mass is 265 g/mol. The van der Waals surface area contributed by atoms with Crippen LogP contribution < -0.4 is 10.5 Å². The van der Waals surface area contributed by atoms with Gasteiger partial charge in [0.25, 0.3) is 0 Å². The highest BCUT2D eigenvalue weighted by Gasteiger charge is 2.19. The van der Waals surface area contributed by atoms with Crippen molar-refractivity contribution in [1.82, 2.24) is 0 Å². The number of aryl methyl sites for hydroxylation is 1. The minimum absolute atomic E-state index is 0.0510. The zero-order valence-corrected chi connectivity index (χ0v) is 12.3. The Balaban J connectivity index is 2.59. The topological polar surface area (TPSA) is 55.5 Å². The third kappa shape index (κ3) is 5.62. The molecule has 0 aliphatic carbocycles. The predicted molar refractivity (Wildman–Crippen MR) is 79.4 cm³/mol. The van der Waals surface area contributed by atoms with Gasteiger partial charge in [-0.25, -0.2) is 0 Å². The summed E-state index contributed by atoms with van der Waals surface area (Å²) in [6, 6.07) is 7.91. The molecule has 0 aliphatic rings. The van der Waals surface area contributed by atoms with Crippen molar-refractivity contribution < 1.29 is 9.84 Å². The van der Waals surface area contributed by atoms with E-state index < -0.39 is 0 Å². The van der Waals surface area contributed by atoms with Crippen molar-refractivity contribution >= 4 is 0 Å². The summed E-state index contributed by atoms with van der Waals surface area (Å²) in [5.74, 6) is 1.28. The molecule has 0 aromatic heterocycles. The number of nitrogens with two attached hydrogens (primary N) is 1. The normalized spacial score (nSPS) is 14.4. The van der Waals surface area contributed by atoms with Crippen LogP contribution in [0.4, 0.5) is 0 Å². The van der Waals surface area contributed by atoms with E-state index in [1.54, 1.807) is 0 Å². The lowest BCUT2D eigenvalue weighted by molar-refractivity contribution is 0.0881. The summed E-state index contributed by atoms with van der Waals surface area (Å²) in [5, 5.41) is 9.40. The molecule has 0 spiro atoms. The largest absolute Gasteiger partial charge is 0.486 e. The van der Waals surface area contributed by atoms with Crippen LogP contribution in [-0.4, -0.2) is 23.9 Å². The highest BCUT2D eigenvalue weighted by molar-refractivity contribution is 5.27. The Bertz CT molecular complexity index is 348. The number of benzene rings is 1. The van der Waals surface area contributed by atoms with Gasteiger partial charge >= 0.3 is 0 Å². The molecule has 19 heavy (non-hydrogen) atoms. The molecule has 2 unspecified atom stereocenters. The van der Waals surface area contributed by atoms with Gasteiger partial charge in [-0.1, -0.05) is 39.3 Å². The van der Waals surface area contributed by atoms with Gasteiger partial charge in [0.2, 0.25) is 0 Å². The summed E-state index contributed by atoms with van der Waals surface area (Å²) in [6.07, 6.45) is 2.73. The van der Waals surface area contributed by atoms with Crippen LogP contribution in [-0.2, 0) is 6.42 Å². The minimum atomic E-state index is -0.334. The molecule has 0 aliphatic heterocycles. The quantitative estimate of drug-likeness (QED) is 0.760. The average Bonchev–Trinajstić information content (AvgIpc) is 2.37. The van der Waals surface area contributed by atoms with Crippen molar-refractivity contribution in [3.63, 3.8) is 0 Å². The van der Waals surface area contributed by atoms with Crippen LogP contribution in [0, 0.1) is 5.92 Å². The molecule has 0 bridgehead atoms. The van der Waals surface area contributed by atoms with Crippen molar-refractivity contribution in [1.29, 1.82) is 0 Å². The summed E-state index contributed by atoms with van der Waals surface area (Å²) >= 11 is 0. The molecule has 0 saturated carbocycles. The van der Waals surface area contributed by atoms with E-state index in [9.17, 15) is 5.11 Å². The molecule has 0 amide bonds. The Morgan fingerprint density at radius 1 is 1.21 bits per heavy atom. The first kappa shape index (κ1) is 16.0. The third-order valence-electron chi connectivity index (χ3n) is 3.15. The van der Waals surface area contributed by atoms with Gasteiger partial charge in [0.05, 0.1) is 6.61 Å². The molecule has 1 rings (SSSR count). The van der Waals surface area contributed by atoms with Crippen LogP contribution in [0.15, 0.2) is 24.3 Å². The van der Waals surface area contributed by atoms with E-state index in [-0.39, 0.29) is 18.8 Å². The number of hydrogen-bond donors (Lipinski definition) is 2. The van der Waals surface area contributed by atoms with E-state index in [4.69, 9.17) is 10.5 Å². The molecule has 0 radical (unpaired) electrons. The lowest BCUT2D eigenvalue weighted by Crippen LogP contribution is -2.42. The second kappa shape index (κ2) is 8.18. The molecule has 1 aromatic rings. The molecule has 0 heterocycles. The lowest BCUT2D eigenvalue weighted by Gasteiger charge is -2.24. The Labute approximate surface area is 116 Å². The molecule has 1 aromatic carbocycles. The van der Waals surface area contributed by atoms with Gasteiger partial charge < -0.3 is 15.6 Å². The van der Waals surface area contributed by atoms with E-state index in [2.05, 4.69) is 32.9 Å². The van der Waals surface area contributed by atoms with Gasteiger partial charge in [0.1, 0.15) is 11.9 Å². The fraction of sp³-hybridized carbons (Fsp3) is 0.625. The Morgan fingerprint density at radius 2 is 1.84 bits per heavy atom. The SMILES string of the molecule is CCCc1ccc(OC(CO)C(N)CC(C)C)cc1. The minimum Gasteiger partial charge on any atom is -0.486 e. The predicted octanol–water partition coefficient (Wildman–Crippen LogP) is 2.75. The Morgan fingerprint density at radius 3 is 2.32 bits per heavy atom. The summed E-state index contributed by atoms with van der Waals surface area (Å²) in [4.78, 5) is 0. The third-order valence-corrected chi connectivity index (χ3v) is 3.15. The maximum Gasteiger partial charge on any atom is 0.137 e. The van der Waals surface area contributed by atoms with Crippen LogP contribution >= 0.6 is 0 Å². The summed E-state index contributed by atoms with van der Waals surface area (Å²) in [6.45, 7) is 6.35. The number of aliphatic hydroxyl groups excluding tert-OH is 1. The molecular formula is C16H27NO2. The molecule has 0 saturated heterocycles. The number of rotatable bonds is 8. The number of ether oxygens (including phenoxy) is 1. The number of aliphatic hydroxyl groups is 1. The van der Waals surface area contributed by atoms with Crippen molar-refractivity contribution in [2.24, 2.45) is 11.7 Å². The van der Waals surface area contributed by atoms with E-state index in [0.717, 1.165) is 25.0 Å². The van der Waals surface area contributed by atoms with Crippen LogP contribution in [0.2, 0.25) is 0 Å². The zero-order chi connectivity index (χ0) is 14.3. The molecule has 3 N–H and O–H groups in total. The molecule has 3 heteroatoms. The average molecular weight is 265 g/mol. The molecule has 0 fully saturated rings. The van der Waals surface area contributed by atoms with Crippen molar-refractivity contribution in [2.45, 2.75) is 52.2 Å². The van der Waals surface area contributed by atoms with Crippen molar-refractivity contribution in [3.05, 3.63) is 29.8 Å². The van der Waals surface area contributed by atoms with Crippen LogP contribution in [0.5, 0.6) is 5.75 Å². The van der Waals surface area contributed by atoms with Crippen molar-refractivity contribution in [3.8, 4) is 5.75 Å². The van der Waals surface area contributed by atoms with Gasteiger partial charge in [0.15, 0.2) is 0 Å².